The zero-order valence-electron chi connectivity index (χ0n) is 15.7. The summed E-state index contributed by atoms with van der Waals surface area (Å²) in [7, 11) is 0. The number of aromatic amines is 1. The fourth-order valence-corrected chi connectivity index (χ4v) is 3.15. The lowest BCUT2D eigenvalue weighted by Gasteiger charge is -2.01. The number of benzene rings is 1. The first-order chi connectivity index (χ1) is 13.7. The molecule has 0 bridgehead atoms. The van der Waals surface area contributed by atoms with Gasteiger partial charge in [0, 0.05) is 36.4 Å². The summed E-state index contributed by atoms with van der Waals surface area (Å²) >= 11 is 0. The van der Waals surface area contributed by atoms with Crippen molar-refractivity contribution >= 4 is 16.8 Å². The number of amides is 1. The Morgan fingerprint density at radius 3 is 2.68 bits per heavy atom. The van der Waals surface area contributed by atoms with Gasteiger partial charge in [-0.2, -0.15) is 0 Å². The van der Waals surface area contributed by atoms with E-state index in [1.54, 1.807) is 0 Å². The number of hydrogen-bond donors (Lipinski definition) is 2. The van der Waals surface area contributed by atoms with Crippen LogP contribution in [0.2, 0.25) is 0 Å². The maximum atomic E-state index is 12.0. The SMILES string of the molecule is Cc1ccc(CNC(=O)CCc2nnc(CCc3c[nH]c4ccccc34)o2)o1. The quantitative estimate of drug-likeness (QED) is 0.489. The van der Waals surface area contributed by atoms with Crippen LogP contribution < -0.4 is 5.32 Å². The summed E-state index contributed by atoms with van der Waals surface area (Å²) in [5, 5.41) is 12.2. The molecule has 0 unspecified atom stereocenters. The third-order valence-corrected chi connectivity index (χ3v) is 4.61. The van der Waals surface area contributed by atoms with E-state index in [-0.39, 0.29) is 5.91 Å². The largest absolute Gasteiger partial charge is 0.465 e. The number of fused-ring (bicyclic) bond motifs is 1. The Kier molecular flexibility index (Phi) is 5.23. The molecule has 0 saturated heterocycles. The minimum Gasteiger partial charge on any atom is -0.465 e. The van der Waals surface area contributed by atoms with Crippen LogP contribution >= 0.6 is 0 Å². The molecule has 0 aliphatic carbocycles. The molecule has 3 heterocycles. The average molecular weight is 378 g/mol. The van der Waals surface area contributed by atoms with Gasteiger partial charge in [-0.3, -0.25) is 4.79 Å². The van der Waals surface area contributed by atoms with Crippen molar-refractivity contribution < 1.29 is 13.6 Å². The van der Waals surface area contributed by atoms with E-state index < -0.39 is 0 Å². The molecule has 0 atom stereocenters. The number of aromatic nitrogens is 3. The Morgan fingerprint density at radius 1 is 1.04 bits per heavy atom. The summed E-state index contributed by atoms with van der Waals surface area (Å²) in [5.74, 6) is 2.57. The molecule has 28 heavy (non-hydrogen) atoms. The van der Waals surface area contributed by atoms with E-state index in [1.165, 1.54) is 10.9 Å². The van der Waals surface area contributed by atoms with Crippen molar-refractivity contribution in [2.24, 2.45) is 0 Å². The summed E-state index contributed by atoms with van der Waals surface area (Å²) in [6.45, 7) is 2.25. The van der Waals surface area contributed by atoms with Crippen LogP contribution in [0.3, 0.4) is 0 Å². The molecule has 2 N–H and O–H groups in total. The Hall–Kier alpha value is -3.35. The van der Waals surface area contributed by atoms with Gasteiger partial charge in [-0.05, 0) is 37.1 Å². The number of nitrogens with one attached hydrogen (secondary N) is 2. The van der Waals surface area contributed by atoms with Crippen LogP contribution in [0.5, 0.6) is 0 Å². The number of furan rings is 1. The van der Waals surface area contributed by atoms with Gasteiger partial charge in [0.2, 0.25) is 17.7 Å². The molecule has 0 radical (unpaired) electrons. The van der Waals surface area contributed by atoms with E-state index in [1.807, 2.05) is 37.4 Å². The molecule has 1 amide bonds. The molecule has 4 aromatic rings. The second-order valence-corrected chi connectivity index (χ2v) is 6.74. The third-order valence-electron chi connectivity index (χ3n) is 4.61. The standard InChI is InChI=1S/C21H22N4O3/c1-14-6-8-16(27-14)13-23-19(26)9-11-21-25-24-20(28-21)10-7-15-12-22-18-5-3-2-4-17(15)18/h2-6,8,12,22H,7,9-11,13H2,1H3,(H,23,26). The topological polar surface area (TPSA) is 97.0 Å². The summed E-state index contributed by atoms with van der Waals surface area (Å²) in [4.78, 5) is 15.2. The van der Waals surface area contributed by atoms with Gasteiger partial charge in [0.05, 0.1) is 6.54 Å². The van der Waals surface area contributed by atoms with Gasteiger partial charge in [-0.15, -0.1) is 10.2 Å². The van der Waals surface area contributed by atoms with Crippen molar-refractivity contribution in [3.63, 3.8) is 0 Å². The van der Waals surface area contributed by atoms with Crippen molar-refractivity contribution in [1.29, 1.82) is 0 Å². The predicted molar refractivity (Wildman–Crippen MR) is 104 cm³/mol. The number of para-hydroxylation sites is 1. The van der Waals surface area contributed by atoms with Gasteiger partial charge >= 0.3 is 0 Å². The highest BCUT2D eigenvalue weighted by Gasteiger charge is 2.11. The number of carbonyl (C=O) groups excluding carboxylic acids is 1. The minimum atomic E-state index is -0.0763. The monoisotopic (exact) mass is 378 g/mol. The molecule has 0 spiro atoms. The number of carbonyl (C=O) groups is 1. The van der Waals surface area contributed by atoms with E-state index in [4.69, 9.17) is 8.83 Å². The van der Waals surface area contributed by atoms with Gasteiger partial charge in [0.1, 0.15) is 11.5 Å². The number of nitrogens with zero attached hydrogens (tertiary/aromatic N) is 2. The van der Waals surface area contributed by atoms with Gasteiger partial charge in [-0.25, -0.2) is 0 Å². The minimum absolute atomic E-state index is 0.0763. The van der Waals surface area contributed by atoms with E-state index in [0.717, 1.165) is 23.5 Å². The Labute approximate surface area is 162 Å². The van der Waals surface area contributed by atoms with Crippen LogP contribution in [0.25, 0.3) is 10.9 Å². The number of rotatable bonds is 8. The van der Waals surface area contributed by atoms with Crippen LogP contribution in [-0.2, 0) is 30.6 Å². The number of H-pyrrole nitrogens is 1. The lowest BCUT2D eigenvalue weighted by molar-refractivity contribution is -0.121. The lowest BCUT2D eigenvalue weighted by Crippen LogP contribution is -2.22. The van der Waals surface area contributed by atoms with E-state index in [2.05, 4.69) is 32.6 Å². The molecule has 0 fully saturated rings. The summed E-state index contributed by atoms with van der Waals surface area (Å²) in [6, 6.07) is 11.9. The van der Waals surface area contributed by atoms with Crippen LogP contribution in [0, 0.1) is 6.92 Å². The Balaban J connectivity index is 1.24. The maximum Gasteiger partial charge on any atom is 0.220 e. The van der Waals surface area contributed by atoms with Crippen LogP contribution in [-0.4, -0.2) is 21.1 Å². The molecule has 1 aromatic carbocycles. The third kappa shape index (κ3) is 4.31. The second kappa shape index (κ2) is 8.12. The van der Waals surface area contributed by atoms with Crippen molar-refractivity contribution in [3.8, 4) is 0 Å². The van der Waals surface area contributed by atoms with Crippen molar-refractivity contribution in [3.05, 3.63) is 71.5 Å². The molecule has 0 aliphatic heterocycles. The highest BCUT2D eigenvalue weighted by Crippen LogP contribution is 2.19. The van der Waals surface area contributed by atoms with Gasteiger partial charge < -0.3 is 19.1 Å². The molecule has 144 valence electrons. The smallest absolute Gasteiger partial charge is 0.220 e. The first-order valence-electron chi connectivity index (χ1n) is 9.35. The molecule has 7 nitrogen and oxygen atoms in total. The number of aryl methyl sites for hydroxylation is 4. The Bertz CT molecular complexity index is 1080. The van der Waals surface area contributed by atoms with Gasteiger partial charge in [0.15, 0.2) is 0 Å². The first kappa shape index (κ1) is 18.0. The summed E-state index contributed by atoms with van der Waals surface area (Å²) < 4.78 is 11.1. The van der Waals surface area contributed by atoms with E-state index in [0.29, 0.717) is 37.6 Å². The zero-order valence-corrected chi connectivity index (χ0v) is 15.7. The molecule has 7 heteroatoms. The van der Waals surface area contributed by atoms with E-state index >= 15 is 0 Å². The number of hydrogen-bond acceptors (Lipinski definition) is 5. The highest BCUT2D eigenvalue weighted by atomic mass is 16.4. The molecule has 4 rings (SSSR count). The highest BCUT2D eigenvalue weighted by molar-refractivity contribution is 5.83. The van der Waals surface area contributed by atoms with Crippen molar-refractivity contribution in [2.45, 2.75) is 39.2 Å². The molecule has 0 aliphatic rings. The normalized spacial score (nSPS) is 11.2. The maximum absolute atomic E-state index is 12.0. The Morgan fingerprint density at radius 2 is 1.86 bits per heavy atom. The molecular formula is C21H22N4O3. The molecule has 3 aromatic heterocycles. The molecular weight excluding hydrogens is 356 g/mol. The lowest BCUT2D eigenvalue weighted by atomic mass is 10.1. The predicted octanol–water partition coefficient (Wildman–Crippen LogP) is 3.49. The van der Waals surface area contributed by atoms with Crippen LogP contribution in [0.1, 0.15) is 35.3 Å². The summed E-state index contributed by atoms with van der Waals surface area (Å²) in [5.41, 5.74) is 2.35. The molecule has 0 saturated carbocycles. The van der Waals surface area contributed by atoms with Crippen LogP contribution in [0.4, 0.5) is 0 Å². The fraction of sp³-hybridized carbons (Fsp3) is 0.286. The fourth-order valence-electron chi connectivity index (χ4n) is 3.15. The van der Waals surface area contributed by atoms with Crippen molar-refractivity contribution in [2.75, 3.05) is 0 Å². The average Bonchev–Trinajstić information content (AvgIpc) is 3.43. The van der Waals surface area contributed by atoms with Gasteiger partial charge in [-0.1, -0.05) is 18.2 Å². The van der Waals surface area contributed by atoms with E-state index in [9.17, 15) is 4.79 Å². The van der Waals surface area contributed by atoms with Gasteiger partial charge in [0.25, 0.3) is 0 Å². The second-order valence-electron chi connectivity index (χ2n) is 6.74. The van der Waals surface area contributed by atoms with Crippen LogP contribution in [0.15, 0.2) is 51.4 Å². The first-order valence-corrected chi connectivity index (χ1v) is 9.35. The summed E-state index contributed by atoms with van der Waals surface area (Å²) in [6.07, 6.45) is 4.22. The zero-order chi connectivity index (χ0) is 19.3. The van der Waals surface area contributed by atoms with Crippen molar-refractivity contribution in [1.82, 2.24) is 20.5 Å².